The molecule has 1 unspecified atom stereocenters. The van der Waals surface area contributed by atoms with E-state index in [2.05, 4.69) is 10.6 Å². The third kappa shape index (κ3) is 4.35. The lowest BCUT2D eigenvalue weighted by molar-refractivity contribution is -0.128. The van der Waals surface area contributed by atoms with E-state index >= 15 is 0 Å². The lowest BCUT2D eigenvalue weighted by atomic mass is 10.2. The van der Waals surface area contributed by atoms with Gasteiger partial charge in [-0.3, -0.25) is 4.79 Å². The maximum Gasteiger partial charge on any atom is 0.315 e. The Bertz CT molecular complexity index is 688. The average Bonchev–Trinajstić information content (AvgIpc) is 2.94. The van der Waals surface area contributed by atoms with Crippen molar-refractivity contribution in [3.63, 3.8) is 0 Å². The molecule has 1 atom stereocenters. The summed E-state index contributed by atoms with van der Waals surface area (Å²) in [6.45, 7) is 1.61. The highest BCUT2D eigenvalue weighted by Crippen LogP contribution is 2.15. The normalized spacial score (nSPS) is 16.9. The molecule has 124 valence electrons. The minimum Gasteiger partial charge on any atom is -0.336 e. The van der Waals surface area contributed by atoms with Crippen LogP contribution in [-0.4, -0.2) is 29.4 Å². The molecule has 1 aliphatic rings. The summed E-state index contributed by atoms with van der Waals surface area (Å²) >= 11 is 0. The first-order chi connectivity index (χ1) is 11.7. The molecular formula is C19H21N3O2. The second kappa shape index (κ2) is 7.64. The molecule has 5 heteroatoms. The van der Waals surface area contributed by atoms with Gasteiger partial charge in [-0.1, -0.05) is 60.7 Å². The quantitative estimate of drug-likeness (QED) is 0.887. The molecule has 0 radical (unpaired) electrons. The maximum absolute atomic E-state index is 12.1. The number of hydrogen-bond acceptors (Lipinski definition) is 2. The summed E-state index contributed by atoms with van der Waals surface area (Å²) in [6.07, 6.45) is 0.353. The number of carbonyl (C=O) groups is 2. The van der Waals surface area contributed by atoms with E-state index in [0.29, 0.717) is 26.1 Å². The molecule has 24 heavy (non-hydrogen) atoms. The van der Waals surface area contributed by atoms with E-state index in [-0.39, 0.29) is 18.0 Å². The summed E-state index contributed by atoms with van der Waals surface area (Å²) in [4.78, 5) is 25.9. The highest BCUT2D eigenvalue weighted by atomic mass is 16.2. The largest absolute Gasteiger partial charge is 0.336 e. The number of amides is 3. The molecule has 0 saturated carbocycles. The summed E-state index contributed by atoms with van der Waals surface area (Å²) in [5, 5.41) is 5.71. The Balaban J connectivity index is 1.46. The minimum atomic E-state index is -0.238. The Kier molecular flexibility index (Phi) is 5.11. The molecule has 1 fully saturated rings. The number of likely N-dealkylation sites (tertiary alicyclic amines) is 1. The molecular weight excluding hydrogens is 302 g/mol. The Hall–Kier alpha value is -2.82. The Morgan fingerprint density at radius 2 is 1.62 bits per heavy atom. The van der Waals surface area contributed by atoms with Gasteiger partial charge in [0.05, 0.1) is 6.04 Å². The summed E-state index contributed by atoms with van der Waals surface area (Å²) < 4.78 is 0. The molecule has 1 heterocycles. The van der Waals surface area contributed by atoms with Crippen LogP contribution in [0, 0.1) is 0 Å². The molecule has 0 aliphatic carbocycles. The standard InChI is InChI=1S/C19H21N3O2/c23-18-11-17(14-22(18)13-16-9-5-2-6-10-16)21-19(24)20-12-15-7-3-1-4-8-15/h1-10,17H,11-14H2,(H2,20,21,24). The van der Waals surface area contributed by atoms with Crippen LogP contribution >= 0.6 is 0 Å². The average molecular weight is 323 g/mol. The van der Waals surface area contributed by atoms with E-state index in [9.17, 15) is 9.59 Å². The van der Waals surface area contributed by atoms with Crippen molar-refractivity contribution in [1.82, 2.24) is 15.5 Å². The molecule has 0 aromatic heterocycles. The number of carbonyl (C=O) groups excluding carboxylic acids is 2. The van der Waals surface area contributed by atoms with Crippen LogP contribution in [0.5, 0.6) is 0 Å². The van der Waals surface area contributed by atoms with Crippen molar-refractivity contribution in [1.29, 1.82) is 0 Å². The molecule has 0 spiro atoms. The molecule has 0 bridgehead atoms. The van der Waals surface area contributed by atoms with Crippen LogP contribution < -0.4 is 10.6 Å². The Labute approximate surface area is 141 Å². The summed E-state index contributed by atoms with van der Waals surface area (Å²) in [5.41, 5.74) is 2.14. The van der Waals surface area contributed by atoms with Crippen LogP contribution in [0.25, 0.3) is 0 Å². The molecule has 3 amide bonds. The smallest absolute Gasteiger partial charge is 0.315 e. The first-order valence-corrected chi connectivity index (χ1v) is 8.11. The van der Waals surface area contributed by atoms with Gasteiger partial charge in [0.15, 0.2) is 0 Å². The molecule has 2 N–H and O–H groups in total. The highest BCUT2D eigenvalue weighted by molar-refractivity contribution is 5.81. The number of nitrogens with one attached hydrogen (secondary N) is 2. The zero-order valence-electron chi connectivity index (χ0n) is 13.4. The third-order valence-corrected chi connectivity index (χ3v) is 4.06. The van der Waals surface area contributed by atoms with Crippen molar-refractivity contribution in [3.05, 3.63) is 71.8 Å². The van der Waals surface area contributed by atoms with Crippen LogP contribution in [0.3, 0.4) is 0 Å². The van der Waals surface area contributed by atoms with Crippen LogP contribution in [-0.2, 0) is 17.9 Å². The summed E-state index contributed by atoms with van der Waals surface area (Å²) in [6, 6.07) is 19.2. The molecule has 5 nitrogen and oxygen atoms in total. The monoisotopic (exact) mass is 323 g/mol. The van der Waals surface area contributed by atoms with Gasteiger partial charge in [0, 0.05) is 26.1 Å². The second-order valence-electron chi connectivity index (χ2n) is 5.97. The van der Waals surface area contributed by atoms with Gasteiger partial charge in [-0.05, 0) is 11.1 Å². The van der Waals surface area contributed by atoms with Gasteiger partial charge in [-0.25, -0.2) is 4.79 Å². The molecule has 2 aromatic carbocycles. The van der Waals surface area contributed by atoms with E-state index in [1.54, 1.807) is 4.90 Å². The van der Waals surface area contributed by atoms with Crippen molar-refractivity contribution in [2.24, 2.45) is 0 Å². The van der Waals surface area contributed by atoms with Gasteiger partial charge < -0.3 is 15.5 Å². The Morgan fingerprint density at radius 3 is 2.29 bits per heavy atom. The van der Waals surface area contributed by atoms with E-state index in [0.717, 1.165) is 11.1 Å². The molecule has 3 rings (SSSR count). The zero-order valence-corrected chi connectivity index (χ0v) is 13.4. The van der Waals surface area contributed by atoms with Crippen molar-refractivity contribution < 1.29 is 9.59 Å². The van der Waals surface area contributed by atoms with E-state index in [4.69, 9.17) is 0 Å². The van der Waals surface area contributed by atoms with Crippen molar-refractivity contribution in [2.75, 3.05) is 6.54 Å². The summed E-state index contributed by atoms with van der Waals surface area (Å²) in [7, 11) is 0. The van der Waals surface area contributed by atoms with Crippen molar-refractivity contribution in [2.45, 2.75) is 25.6 Å². The fourth-order valence-electron chi connectivity index (χ4n) is 2.84. The van der Waals surface area contributed by atoms with Gasteiger partial charge in [0.25, 0.3) is 0 Å². The van der Waals surface area contributed by atoms with Gasteiger partial charge in [-0.2, -0.15) is 0 Å². The Morgan fingerprint density at radius 1 is 1.00 bits per heavy atom. The van der Waals surface area contributed by atoms with Crippen LogP contribution in [0.2, 0.25) is 0 Å². The number of rotatable bonds is 5. The maximum atomic E-state index is 12.1. The van der Waals surface area contributed by atoms with Gasteiger partial charge in [-0.15, -0.1) is 0 Å². The number of urea groups is 1. The van der Waals surface area contributed by atoms with Gasteiger partial charge >= 0.3 is 6.03 Å². The van der Waals surface area contributed by atoms with E-state index in [1.165, 1.54) is 0 Å². The van der Waals surface area contributed by atoms with Gasteiger partial charge in [0.2, 0.25) is 5.91 Å². The van der Waals surface area contributed by atoms with Crippen LogP contribution in [0.4, 0.5) is 4.79 Å². The zero-order chi connectivity index (χ0) is 16.8. The number of nitrogens with zero attached hydrogens (tertiary/aromatic N) is 1. The molecule has 1 saturated heterocycles. The van der Waals surface area contributed by atoms with E-state index < -0.39 is 0 Å². The number of hydrogen-bond donors (Lipinski definition) is 2. The second-order valence-corrected chi connectivity index (χ2v) is 5.97. The number of benzene rings is 2. The summed E-state index contributed by atoms with van der Waals surface area (Å²) in [5.74, 6) is 0.0761. The molecule has 1 aliphatic heterocycles. The van der Waals surface area contributed by atoms with Crippen molar-refractivity contribution >= 4 is 11.9 Å². The topological polar surface area (TPSA) is 61.4 Å². The van der Waals surface area contributed by atoms with Gasteiger partial charge in [0.1, 0.15) is 0 Å². The predicted octanol–water partition coefficient (Wildman–Crippen LogP) is 2.29. The lowest BCUT2D eigenvalue weighted by Crippen LogP contribution is -2.43. The fourth-order valence-corrected chi connectivity index (χ4v) is 2.84. The van der Waals surface area contributed by atoms with Crippen LogP contribution in [0.15, 0.2) is 60.7 Å². The first kappa shape index (κ1) is 16.1. The predicted molar refractivity (Wildman–Crippen MR) is 92.1 cm³/mol. The van der Waals surface area contributed by atoms with Crippen LogP contribution in [0.1, 0.15) is 17.5 Å². The SMILES string of the molecule is O=C(NCc1ccccc1)NC1CC(=O)N(Cc2ccccc2)C1. The van der Waals surface area contributed by atoms with E-state index in [1.807, 2.05) is 60.7 Å². The third-order valence-electron chi connectivity index (χ3n) is 4.06. The highest BCUT2D eigenvalue weighted by Gasteiger charge is 2.30. The fraction of sp³-hybridized carbons (Fsp3) is 0.263. The molecule has 2 aromatic rings. The van der Waals surface area contributed by atoms with Crippen molar-refractivity contribution in [3.8, 4) is 0 Å². The first-order valence-electron chi connectivity index (χ1n) is 8.11. The lowest BCUT2D eigenvalue weighted by Gasteiger charge is -2.17. The minimum absolute atomic E-state index is 0.0761.